The number of esters is 1. The number of aromatic amines is 3. The average Bonchev–Trinajstić information content (AvgIpc) is 3.72. The van der Waals surface area contributed by atoms with E-state index >= 15 is 0 Å². The molecule has 3 atom stereocenters. The van der Waals surface area contributed by atoms with E-state index in [1.54, 1.807) is 0 Å². The van der Waals surface area contributed by atoms with Crippen LogP contribution >= 0.6 is 0 Å². The first kappa shape index (κ1) is 28.8. The number of nitrogens with one attached hydrogen (secondary N) is 4. The molecule has 6 rings (SSSR count). The zero-order valence-electron chi connectivity index (χ0n) is 25.7. The zero-order valence-corrected chi connectivity index (χ0v) is 25.7. The quantitative estimate of drug-likeness (QED) is 0.222. The van der Waals surface area contributed by atoms with Gasteiger partial charge in [-0.1, -0.05) is 26.5 Å². The Morgan fingerprint density at radius 3 is 2.42 bits per heavy atom. The summed E-state index contributed by atoms with van der Waals surface area (Å²) >= 11 is 0. The molecule has 8 nitrogen and oxygen atoms in total. The molecule has 224 valence electrons. The van der Waals surface area contributed by atoms with Crippen molar-refractivity contribution in [1.29, 1.82) is 0 Å². The third-order valence-electron chi connectivity index (χ3n) is 9.75. The highest BCUT2D eigenvalue weighted by Gasteiger charge is 2.48. The van der Waals surface area contributed by atoms with Gasteiger partial charge in [-0.15, -0.1) is 0 Å². The molecule has 3 aliphatic rings. The predicted molar refractivity (Wildman–Crippen MR) is 169 cm³/mol. The number of aliphatic hydroxyl groups is 1. The molecule has 0 saturated carbocycles. The van der Waals surface area contributed by atoms with E-state index in [9.17, 15) is 14.7 Å². The SMILES string of the molecule is C=Cc1c2[nH]c(c1C)/C=C1\N/C(=C3\c4[nH]c(c(C)c4C(=O)[C@@H]3C(=O)OC)/C=c3\[nH]/c(c(C)c3CC)=C\2)[C@@H](CCCO)[C@@H]1C. The maximum absolute atomic E-state index is 14.0. The largest absolute Gasteiger partial charge is 0.468 e. The fourth-order valence-corrected chi connectivity index (χ4v) is 7.31. The lowest BCUT2D eigenvalue weighted by Gasteiger charge is -2.19. The lowest BCUT2D eigenvalue weighted by molar-refractivity contribution is -0.141. The molecular formula is C35H40N4O4. The number of ether oxygens (including phenoxy) is 1. The number of Topliss-reactive ketones (excluding diaryl/α,β-unsaturated/α-hetero) is 1. The van der Waals surface area contributed by atoms with Gasteiger partial charge in [-0.25, -0.2) is 0 Å². The second kappa shape index (κ2) is 10.8. The van der Waals surface area contributed by atoms with Gasteiger partial charge in [0.1, 0.15) is 5.92 Å². The van der Waals surface area contributed by atoms with Gasteiger partial charge in [0.25, 0.3) is 0 Å². The van der Waals surface area contributed by atoms with E-state index in [0.29, 0.717) is 29.7 Å². The molecule has 5 heterocycles. The highest BCUT2D eigenvalue weighted by Crippen LogP contribution is 2.48. The first-order valence-electron chi connectivity index (χ1n) is 15.1. The summed E-state index contributed by atoms with van der Waals surface area (Å²) in [5.74, 6) is -1.87. The first-order chi connectivity index (χ1) is 20.6. The monoisotopic (exact) mass is 580 g/mol. The first-order valence-corrected chi connectivity index (χ1v) is 15.1. The van der Waals surface area contributed by atoms with Gasteiger partial charge >= 0.3 is 5.97 Å². The van der Waals surface area contributed by atoms with Crippen molar-refractivity contribution >= 4 is 41.6 Å². The van der Waals surface area contributed by atoms with Gasteiger partial charge in [0.15, 0.2) is 5.78 Å². The van der Waals surface area contributed by atoms with Crippen LogP contribution in [0.4, 0.5) is 0 Å². The van der Waals surface area contributed by atoms with Crippen molar-refractivity contribution in [2.24, 2.45) is 17.8 Å². The molecule has 0 spiro atoms. The Labute approximate surface area is 251 Å². The third-order valence-corrected chi connectivity index (χ3v) is 9.75. The van der Waals surface area contributed by atoms with Crippen LogP contribution in [0.1, 0.15) is 87.6 Å². The third kappa shape index (κ3) is 4.30. The number of hydrogen-bond acceptors (Lipinski definition) is 5. The van der Waals surface area contributed by atoms with Gasteiger partial charge in [-0.05, 0) is 80.5 Å². The summed E-state index contributed by atoms with van der Waals surface area (Å²) in [4.78, 5) is 38.1. The molecule has 8 bridgehead atoms. The van der Waals surface area contributed by atoms with Crippen molar-refractivity contribution in [2.75, 3.05) is 13.7 Å². The van der Waals surface area contributed by atoms with Crippen molar-refractivity contribution in [2.45, 2.75) is 53.9 Å². The summed E-state index contributed by atoms with van der Waals surface area (Å²) in [5, 5.41) is 15.4. The van der Waals surface area contributed by atoms with Crippen LogP contribution in [0.3, 0.4) is 0 Å². The highest BCUT2D eigenvalue weighted by molar-refractivity contribution is 6.24. The summed E-state index contributed by atoms with van der Waals surface area (Å²) in [5.41, 5.74) is 11.7. The van der Waals surface area contributed by atoms with Gasteiger partial charge in [0, 0.05) is 74.3 Å². The molecular weight excluding hydrogens is 540 g/mol. The fourth-order valence-electron chi connectivity index (χ4n) is 7.31. The molecule has 1 saturated heterocycles. The lowest BCUT2D eigenvalue weighted by atomic mass is 9.85. The minimum atomic E-state index is -1.06. The number of H-pyrrole nitrogens is 3. The Kier molecular flexibility index (Phi) is 7.21. The molecule has 5 N–H and O–H groups in total. The molecule has 0 aromatic carbocycles. The van der Waals surface area contributed by atoms with E-state index in [4.69, 9.17) is 4.74 Å². The molecule has 2 aliphatic heterocycles. The number of carbonyl (C=O) groups is 2. The highest BCUT2D eigenvalue weighted by atomic mass is 16.5. The second-order valence-electron chi connectivity index (χ2n) is 11.9. The summed E-state index contributed by atoms with van der Waals surface area (Å²) in [6.07, 6.45) is 10.4. The Bertz CT molecular complexity index is 1880. The maximum atomic E-state index is 14.0. The predicted octanol–water partition coefficient (Wildman–Crippen LogP) is 4.14. The Morgan fingerprint density at radius 2 is 1.74 bits per heavy atom. The van der Waals surface area contributed by atoms with E-state index in [-0.39, 0.29) is 24.2 Å². The Morgan fingerprint density at radius 1 is 1.02 bits per heavy atom. The van der Waals surface area contributed by atoms with Crippen molar-refractivity contribution in [3.8, 4) is 0 Å². The standard InChI is InChI=1S/C35H40N4O4/c1-8-20-16(3)23-13-25-18(5)22(11-10-12-40)32(38-25)30-31(35(42)43-7)34(41)29-19(6)26(39-33(29)30)15-28-21(9-2)17(4)24(37-28)14-27(20)36-23/h8,13-15,18,22,31,36-40H,1,9-12H2,2-7H3/b24-14-,25-13-,28-15-,32-30-/t18-,22-,31+/m0/s1. The molecule has 3 aromatic rings. The van der Waals surface area contributed by atoms with E-state index in [1.165, 1.54) is 18.2 Å². The van der Waals surface area contributed by atoms with Gasteiger partial charge in [0.2, 0.25) is 0 Å². The van der Waals surface area contributed by atoms with E-state index in [1.807, 2.05) is 13.0 Å². The average molecular weight is 581 g/mol. The number of rotatable bonds is 6. The summed E-state index contributed by atoms with van der Waals surface area (Å²) in [7, 11) is 1.33. The van der Waals surface area contributed by atoms with Gasteiger partial charge in [-0.3, -0.25) is 9.59 Å². The second-order valence-corrected chi connectivity index (χ2v) is 11.9. The molecule has 0 radical (unpaired) electrons. The molecule has 3 aromatic heterocycles. The number of methoxy groups -OCH3 is 1. The van der Waals surface area contributed by atoms with E-state index in [0.717, 1.165) is 62.3 Å². The minimum Gasteiger partial charge on any atom is -0.468 e. The maximum Gasteiger partial charge on any atom is 0.321 e. The van der Waals surface area contributed by atoms with Crippen molar-refractivity contribution < 1.29 is 19.4 Å². The number of hydrogen-bond donors (Lipinski definition) is 5. The number of allylic oxidation sites excluding steroid dienone is 2. The molecule has 8 heteroatoms. The lowest BCUT2D eigenvalue weighted by Crippen LogP contribution is -2.25. The van der Waals surface area contributed by atoms with Crippen molar-refractivity contribution in [3.63, 3.8) is 0 Å². The zero-order chi connectivity index (χ0) is 30.7. The van der Waals surface area contributed by atoms with E-state index < -0.39 is 11.9 Å². The summed E-state index contributed by atoms with van der Waals surface area (Å²) < 4.78 is 5.19. The van der Waals surface area contributed by atoms with Crippen LogP contribution in [-0.4, -0.2) is 45.5 Å². The smallest absolute Gasteiger partial charge is 0.321 e. The molecule has 1 aliphatic carbocycles. The fraction of sp³-hybridized carbons (Fsp3) is 0.371. The van der Waals surface area contributed by atoms with Crippen LogP contribution in [0.5, 0.6) is 0 Å². The number of carbonyl (C=O) groups excluding carboxylic acids is 2. The molecule has 0 unspecified atom stereocenters. The van der Waals surface area contributed by atoms with Crippen LogP contribution in [0.25, 0.3) is 29.9 Å². The van der Waals surface area contributed by atoms with Crippen molar-refractivity contribution in [1.82, 2.24) is 20.3 Å². The van der Waals surface area contributed by atoms with Crippen LogP contribution in [0, 0.1) is 38.5 Å². The number of fused-ring (bicyclic) bond motifs is 7. The van der Waals surface area contributed by atoms with Crippen LogP contribution < -0.4 is 16.0 Å². The topological polar surface area (TPSA) is 123 Å². The Hall–Kier alpha value is -4.30. The normalized spacial score (nSPS) is 25.0. The van der Waals surface area contributed by atoms with Crippen molar-refractivity contribution in [3.05, 3.63) is 84.8 Å². The molecule has 0 amide bonds. The molecule has 1 fully saturated rings. The number of ketones is 1. The summed E-state index contributed by atoms with van der Waals surface area (Å²) in [6, 6.07) is 0. The molecule has 43 heavy (non-hydrogen) atoms. The van der Waals surface area contributed by atoms with Gasteiger partial charge < -0.3 is 30.1 Å². The van der Waals surface area contributed by atoms with Crippen LogP contribution in [0.2, 0.25) is 0 Å². The van der Waals surface area contributed by atoms with E-state index in [2.05, 4.69) is 72.8 Å². The van der Waals surface area contributed by atoms with Crippen LogP contribution in [0.15, 0.2) is 18.0 Å². The van der Waals surface area contributed by atoms with Gasteiger partial charge in [0.05, 0.1) is 12.8 Å². The van der Waals surface area contributed by atoms with Gasteiger partial charge in [-0.2, -0.15) is 0 Å². The Balaban J connectivity index is 1.74. The van der Waals surface area contributed by atoms with Crippen LogP contribution in [-0.2, 0) is 16.0 Å². The number of aliphatic hydroxyl groups excluding tert-OH is 1. The minimum absolute atomic E-state index is 0.0360. The summed E-state index contributed by atoms with van der Waals surface area (Å²) in [6.45, 7) is 14.6. The number of aromatic nitrogens is 3.